The second-order valence-corrected chi connectivity index (χ2v) is 5.90. The van der Waals surface area contributed by atoms with Gasteiger partial charge in [-0.25, -0.2) is 4.39 Å². The molecular formula is C17H18FN5O3. The molecule has 1 aromatic heterocycles. The summed E-state index contributed by atoms with van der Waals surface area (Å²) in [5.74, 6) is -1.29. The zero-order chi connectivity index (χ0) is 18.5. The Bertz CT molecular complexity index is 830. The third kappa shape index (κ3) is 4.31. The first-order chi connectivity index (χ1) is 12.5. The summed E-state index contributed by atoms with van der Waals surface area (Å²) in [5.41, 5.74) is 0.400. The second kappa shape index (κ2) is 7.87. The average Bonchev–Trinajstić information content (AvgIpc) is 3.30. The number of nitrogens with one attached hydrogen (secondary N) is 2. The number of amides is 2. The minimum atomic E-state index is -0.622. The minimum absolute atomic E-state index is 0.0578. The van der Waals surface area contributed by atoms with Gasteiger partial charge in [0, 0.05) is 24.8 Å². The topological polar surface area (TPSA) is 98.1 Å². The molecule has 2 aromatic rings. The molecule has 1 atom stereocenters. The van der Waals surface area contributed by atoms with Crippen LogP contribution in [-0.2, 0) is 16.1 Å². The van der Waals surface area contributed by atoms with E-state index in [0.29, 0.717) is 24.8 Å². The lowest BCUT2D eigenvalue weighted by Crippen LogP contribution is -2.14. The molecule has 0 aliphatic carbocycles. The van der Waals surface area contributed by atoms with Crippen molar-refractivity contribution in [2.75, 3.05) is 23.8 Å². The van der Waals surface area contributed by atoms with Crippen molar-refractivity contribution < 1.29 is 18.7 Å². The van der Waals surface area contributed by atoms with Gasteiger partial charge in [-0.15, -0.1) is 5.10 Å². The molecule has 1 aliphatic heterocycles. The number of aromatic nitrogens is 3. The maximum absolute atomic E-state index is 13.7. The highest BCUT2D eigenvalue weighted by Gasteiger charge is 2.18. The summed E-state index contributed by atoms with van der Waals surface area (Å²) in [7, 11) is 0. The standard InChI is InChI=1S/C17H18FN5O3/c1-2-16(24)20-14-7-12(3-4-13(14)18)19-17(25)15-9-23(22-21-15)8-11-5-6-26-10-11/h2-4,7,9,11H,1,5-6,8,10H2,(H,19,25)(H,20,24). The van der Waals surface area contributed by atoms with Crippen molar-refractivity contribution >= 4 is 23.2 Å². The molecule has 1 fully saturated rings. The first kappa shape index (κ1) is 17.7. The SMILES string of the molecule is C=CC(=O)Nc1cc(NC(=O)c2cn(CC3CCOC3)nn2)ccc1F. The molecule has 3 rings (SSSR count). The van der Waals surface area contributed by atoms with Crippen LogP contribution in [0.2, 0.25) is 0 Å². The van der Waals surface area contributed by atoms with Crippen molar-refractivity contribution in [2.24, 2.45) is 5.92 Å². The van der Waals surface area contributed by atoms with Crippen molar-refractivity contribution in [2.45, 2.75) is 13.0 Å². The van der Waals surface area contributed by atoms with E-state index in [0.717, 1.165) is 25.2 Å². The average molecular weight is 359 g/mol. The van der Waals surface area contributed by atoms with Crippen LogP contribution in [-0.4, -0.2) is 40.0 Å². The van der Waals surface area contributed by atoms with Crippen molar-refractivity contribution in [3.8, 4) is 0 Å². The van der Waals surface area contributed by atoms with Crippen LogP contribution in [0.4, 0.5) is 15.8 Å². The number of ether oxygens (including phenoxy) is 1. The smallest absolute Gasteiger partial charge is 0.277 e. The number of rotatable bonds is 6. The van der Waals surface area contributed by atoms with Gasteiger partial charge in [0.15, 0.2) is 5.69 Å². The molecule has 9 heteroatoms. The number of benzene rings is 1. The summed E-state index contributed by atoms with van der Waals surface area (Å²) in [5, 5.41) is 12.7. The molecular weight excluding hydrogens is 341 g/mol. The first-order valence-corrected chi connectivity index (χ1v) is 8.07. The normalized spacial score (nSPS) is 16.3. The molecule has 0 spiro atoms. The highest BCUT2D eigenvalue weighted by atomic mass is 19.1. The number of anilines is 2. The number of nitrogens with zero attached hydrogens (tertiary/aromatic N) is 3. The number of carbonyl (C=O) groups is 2. The highest BCUT2D eigenvalue weighted by molar-refractivity contribution is 6.03. The lowest BCUT2D eigenvalue weighted by Gasteiger charge is -2.08. The molecule has 0 radical (unpaired) electrons. The Morgan fingerprint density at radius 1 is 1.42 bits per heavy atom. The van der Waals surface area contributed by atoms with Gasteiger partial charge in [-0.1, -0.05) is 11.8 Å². The summed E-state index contributed by atoms with van der Waals surface area (Å²) in [6.07, 6.45) is 3.53. The van der Waals surface area contributed by atoms with Crippen LogP contribution < -0.4 is 10.6 Å². The largest absolute Gasteiger partial charge is 0.381 e. The quantitative estimate of drug-likeness (QED) is 0.767. The van der Waals surface area contributed by atoms with Crippen LogP contribution in [0.3, 0.4) is 0 Å². The molecule has 1 unspecified atom stereocenters. The molecule has 2 amide bonds. The predicted octanol–water partition coefficient (Wildman–Crippen LogP) is 1.83. The zero-order valence-electron chi connectivity index (χ0n) is 13.9. The molecule has 2 heterocycles. The lowest BCUT2D eigenvalue weighted by molar-refractivity contribution is -0.111. The van der Waals surface area contributed by atoms with E-state index in [1.165, 1.54) is 12.1 Å². The number of carbonyl (C=O) groups excluding carboxylic acids is 2. The van der Waals surface area contributed by atoms with Gasteiger partial charge in [-0.05, 0) is 30.7 Å². The van der Waals surface area contributed by atoms with Crippen LogP contribution in [0.25, 0.3) is 0 Å². The molecule has 136 valence electrons. The fraction of sp³-hybridized carbons (Fsp3) is 0.294. The van der Waals surface area contributed by atoms with Gasteiger partial charge in [0.2, 0.25) is 5.91 Å². The van der Waals surface area contributed by atoms with Gasteiger partial charge < -0.3 is 15.4 Å². The monoisotopic (exact) mass is 359 g/mol. The molecule has 8 nitrogen and oxygen atoms in total. The summed E-state index contributed by atoms with van der Waals surface area (Å²) < 4.78 is 20.6. The summed E-state index contributed by atoms with van der Waals surface area (Å²) in [4.78, 5) is 23.6. The number of halogens is 1. The van der Waals surface area contributed by atoms with Crippen LogP contribution in [0, 0.1) is 11.7 Å². The van der Waals surface area contributed by atoms with E-state index in [1.807, 2.05) is 0 Å². The molecule has 1 saturated heterocycles. The fourth-order valence-electron chi connectivity index (χ4n) is 2.56. The summed E-state index contributed by atoms with van der Waals surface area (Å²) in [6, 6.07) is 3.84. The van der Waals surface area contributed by atoms with Crippen molar-refractivity contribution in [3.05, 3.63) is 48.6 Å². The maximum Gasteiger partial charge on any atom is 0.277 e. The molecule has 0 saturated carbocycles. The van der Waals surface area contributed by atoms with Gasteiger partial charge in [-0.2, -0.15) is 0 Å². The molecule has 1 aliphatic rings. The van der Waals surface area contributed by atoms with E-state index in [9.17, 15) is 14.0 Å². The molecule has 1 aromatic carbocycles. The van der Waals surface area contributed by atoms with Crippen LogP contribution in [0.15, 0.2) is 37.1 Å². The Labute approximate surface area is 149 Å². The second-order valence-electron chi connectivity index (χ2n) is 5.90. The minimum Gasteiger partial charge on any atom is -0.381 e. The first-order valence-electron chi connectivity index (χ1n) is 8.07. The predicted molar refractivity (Wildman–Crippen MR) is 92.1 cm³/mol. The van der Waals surface area contributed by atoms with Crippen molar-refractivity contribution in [3.63, 3.8) is 0 Å². The van der Waals surface area contributed by atoms with Crippen molar-refractivity contribution in [1.29, 1.82) is 0 Å². The molecule has 2 N–H and O–H groups in total. The van der Waals surface area contributed by atoms with Crippen molar-refractivity contribution in [1.82, 2.24) is 15.0 Å². The lowest BCUT2D eigenvalue weighted by atomic mass is 10.1. The fourth-order valence-corrected chi connectivity index (χ4v) is 2.56. The van der Waals surface area contributed by atoms with E-state index in [2.05, 4.69) is 27.5 Å². The van der Waals surface area contributed by atoms with E-state index >= 15 is 0 Å². The third-order valence-electron chi connectivity index (χ3n) is 3.91. The Hall–Kier alpha value is -3.07. The summed E-state index contributed by atoms with van der Waals surface area (Å²) >= 11 is 0. The van der Waals surface area contributed by atoms with Gasteiger partial charge in [0.05, 0.1) is 18.5 Å². The highest BCUT2D eigenvalue weighted by Crippen LogP contribution is 2.20. The van der Waals surface area contributed by atoms with Gasteiger partial charge in [0.25, 0.3) is 5.91 Å². The molecule has 0 bridgehead atoms. The van der Waals surface area contributed by atoms with E-state index in [4.69, 9.17) is 4.74 Å². The maximum atomic E-state index is 13.7. The third-order valence-corrected chi connectivity index (χ3v) is 3.91. The number of hydrogen-bond acceptors (Lipinski definition) is 5. The zero-order valence-corrected chi connectivity index (χ0v) is 13.9. The molecule has 26 heavy (non-hydrogen) atoms. The van der Waals surface area contributed by atoms with E-state index in [-0.39, 0.29) is 11.4 Å². The van der Waals surface area contributed by atoms with Gasteiger partial charge >= 0.3 is 0 Å². The van der Waals surface area contributed by atoms with E-state index in [1.54, 1.807) is 10.9 Å². The van der Waals surface area contributed by atoms with Gasteiger partial charge in [0.1, 0.15) is 5.82 Å². The van der Waals surface area contributed by atoms with Gasteiger partial charge in [-0.3, -0.25) is 14.3 Å². The summed E-state index contributed by atoms with van der Waals surface area (Å²) in [6.45, 7) is 5.35. The Kier molecular flexibility index (Phi) is 5.37. The Balaban J connectivity index is 1.65. The van der Waals surface area contributed by atoms with Crippen LogP contribution >= 0.6 is 0 Å². The van der Waals surface area contributed by atoms with E-state index < -0.39 is 17.6 Å². The van der Waals surface area contributed by atoms with Crippen LogP contribution in [0.1, 0.15) is 16.9 Å². The number of hydrogen-bond donors (Lipinski definition) is 2. The Morgan fingerprint density at radius 3 is 3.00 bits per heavy atom. The Morgan fingerprint density at radius 2 is 2.27 bits per heavy atom. The van der Waals surface area contributed by atoms with Crippen LogP contribution in [0.5, 0.6) is 0 Å².